The van der Waals surface area contributed by atoms with Gasteiger partial charge in [-0.3, -0.25) is 0 Å². The van der Waals surface area contributed by atoms with Crippen molar-refractivity contribution in [2.24, 2.45) is 0 Å². The molecule has 0 aliphatic heterocycles. The predicted octanol–water partition coefficient (Wildman–Crippen LogP) is 23.0. The Morgan fingerprint density at radius 2 is 0.707 bits per heavy atom. The molecular formula is C80H74N2. The second-order valence-electron chi connectivity index (χ2n) is 27.0. The summed E-state index contributed by atoms with van der Waals surface area (Å²) in [5.41, 5.74) is 21.9. The second kappa shape index (κ2) is 19.5. The van der Waals surface area contributed by atoms with Crippen LogP contribution in [0.4, 0.5) is 17.1 Å². The van der Waals surface area contributed by atoms with Gasteiger partial charge >= 0.3 is 0 Å². The van der Waals surface area contributed by atoms with Gasteiger partial charge in [-0.25, -0.2) is 0 Å². The molecule has 0 saturated heterocycles. The molecule has 0 aliphatic rings. The van der Waals surface area contributed by atoms with Crippen molar-refractivity contribution in [3.63, 3.8) is 0 Å². The van der Waals surface area contributed by atoms with Crippen LogP contribution in [0.2, 0.25) is 0 Å². The summed E-state index contributed by atoms with van der Waals surface area (Å²) < 4.78 is 2.54. The summed E-state index contributed by atoms with van der Waals surface area (Å²) in [6.07, 6.45) is 0. The van der Waals surface area contributed by atoms with E-state index in [1.54, 1.807) is 0 Å². The van der Waals surface area contributed by atoms with Gasteiger partial charge in [0, 0.05) is 32.8 Å². The molecule has 0 saturated carbocycles. The van der Waals surface area contributed by atoms with Gasteiger partial charge in [0.15, 0.2) is 0 Å². The van der Waals surface area contributed by atoms with Crippen molar-refractivity contribution in [3.8, 4) is 50.2 Å². The van der Waals surface area contributed by atoms with Crippen molar-refractivity contribution in [3.05, 3.63) is 253 Å². The summed E-state index contributed by atoms with van der Waals surface area (Å²) in [6, 6.07) is 87.7. The fourth-order valence-corrected chi connectivity index (χ4v) is 12.7. The average Bonchev–Trinajstić information content (AvgIpc) is 2.17. The smallest absolute Gasteiger partial charge is 0.0541 e. The van der Waals surface area contributed by atoms with E-state index in [-0.39, 0.29) is 21.7 Å². The number of anilines is 3. The first-order valence-electron chi connectivity index (χ1n) is 29.4. The molecule has 0 aliphatic carbocycles. The van der Waals surface area contributed by atoms with Crippen LogP contribution in [-0.2, 0) is 21.7 Å². The minimum absolute atomic E-state index is 0.00975. The Morgan fingerprint density at radius 1 is 0.280 bits per heavy atom. The molecule has 0 spiro atoms. The Bertz CT molecular complexity index is 4500. The summed E-state index contributed by atoms with van der Waals surface area (Å²) >= 11 is 0. The molecule has 0 radical (unpaired) electrons. The highest BCUT2D eigenvalue weighted by molar-refractivity contribution is 6.28. The molecule has 2 nitrogen and oxygen atoms in total. The van der Waals surface area contributed by atoms with Crippen molar-refractivity contribution >= 4 is 71.2 Å². The topological polar surface area (TPSA) is 8.17 Å². The SMILES string of the molecule is CC(C)(C)c1ccc(-c2ccccc2-c2cccc(N(c3ccccc3-c3ccccc3-c3ccc(C(C)(C)C)cc3)c3ccc4ccc5c(-n6c7ccc(C(C)(C)C)cc7c7cc(C(C)(C)C)ccc76)ccc6ccc3c4c65)c2)cc1. The lowest BCUT2D eigenvalue weighted by molar-refractivity contribution is 0.590. The van der Waals surface area contributed by atoms with Gasteiger partial charge in [0.25, 0.3) is 0 Å². The van der Waals surface area contributed by atoms with E-state index in [4.69, 9.17) is 0 Å². The maximum atomic E-state index is 2.54. The maximum Gasteiger partial charge on any atom is 0.0541 e. The van der Waals surface area contributed by atoms with Gasteiger partial charge in [-0.05, 0) is 159 Å². The Balaban J connectivity index is 1.05. The first-order chi connectivity index (χ1) is 39.2. The minimum atomic E-state index is 0.00975. The van der Waals surface area contributed by atoms with Crippen molar-refractivity contribution in [1.29, 1.82) is 0 Å². The fourth-order valence-electron chi connectivity index (χ4n) is 12.7. The number of fused-ring (bicyclic) bond motifs is 3. The number of aromatic nitrogens is 1. The standard InChI is InChI=1S/C80H74N2/c1-77(2,3)56-36-28-51(29-37-56)61-22-13-14-24-63(61)55-20-19-21-60(48-55)81(70-27-18-17-26-65(70)64-25-16-15-23-62(64)52-30-38-57(39-31-52)78(4,5)6)71-44-34-53-33-43-67-72(45-35-54-32-42-66(71)75(53)76(54)67)82-73-46-40-58(79(7,8)9)49-68(73)69-50-59(80(10,11)12)41-47-74(69)82/h13-50H,1-12H3. The van der Waals surface area contributed by atoms with E-state index in [9.17, 15) is 0 Å². The van der Waals surface area contributed by atoms with Crippen LogP contribution in [0.1, 0.15) is 105 Å². The summed E-state index contributed by atoms with van der Waals surface area (Å²) in [6.45, 7) is 27.6. The van der Waals surface area contributed by atoms with Gasteiger partial charge in [0.05, 0.1) is 28.1 Å². The van der Waals surface area contributed by atoms with Gasteiger partial charge in [-0.1, -0.05) is 259 Å². The van der Waals surface area contributed by atoms with E-state index in [0.717, 1.165) is 28.2 Å². The van der Waals surface area contributed by atoms with Crippen LogP contribution < -0.4 is 4.90 Å². The number of para-hydroxylation sites is 1. The molecule has 404 valence electrons. The summed E-state index contributed by atoms with van der Waals surface area (Å²) in [4.78, 5) is 2.54. The number of nitrogens with zero attached hydrogens (tertiary/aromatic N) is 2. The molecule has 2 heteroatoms. The van der Waals surface area contributed by atoms with Crippen molar-refractivity contribution in [2.75, 3.05) is 4.90 Å². The highest BCUT2D eigenvalue weighted by Gasteiger charge is 2.27. The quantitative estimate of drug-likeness (QED) is 0.138. The molecule has 0 bridgehead atoms. The van der Waals surface area contributed by atoms with Crippen LogP contribution in [0.25, 0.3) is 104 Å². The first kappa shape index (κ1) is 52.6. The lowest BCUT2D eigenvalue weighted by atomic mass is 9.85. The zero-order chi connectivity index (χ0) is 57.0. The van der Waals surface area contributed by atoms with E-state index in [2.05, 4.69) is 323 Å². The van der Waals surface area contributed by atoms with E-state index in [1.165, 1.54) is 115 Å². The summed E-state index contributed by atoms with van der Waals surface area (Å²) in [5.74, 6) is 0. The average molecular weight is 1060 g/mol. The van der Waals surface area contributed by atoms with Crippen molar-refractivity contribution < 1.29 is 0 Å². The first-order valence-corrected chi connectivity index (χ1v) is 29.4. The lowest BCUT2D eigenvalue weighted by Gasteiger charge is -2.30. The lowest BCUT2D eigenvalue weighted by Crippen LogP contribution is -2.12. The third-order valence-corrected chi connectivity index (χ3v) is 17.4. The van der Waals surface area contributed by atoms with Crippen LogP contribution in [0.3, 0.4) is 0 Å². The van der Waals surface area contributed by atoms with Gasteiger partial charge in [0.1, 0.15) is 0 Å². The molecule has 1 aromatic heterocycles. The molecule has 0 fully saturated rings. The molecule has 1 heterocycles. The molecule has 82 heavy (non-hydrogen) atoms. The number of rotatable bonds is 8. The summed E-state index contributed by atoms with van der Waals surface area (Å²) in [5, 5.41) is 10.0. The number of benzene rings is 12. The summed E-state index contributed by atoms with van der Waals surface area (Å²) in [7, 11) is 0. The molecule has 13 rings (SSSR count). The van der Waals surface area contributed by atoms with Crippen molar-refractivity contribution in [1.82, 2.24) is 4.57 Å². The van der Waals surface area contributed by atoms with E-state index in [0.29, 0.717) is 0 Å². The van der Waals surface area contributed by atoms with Crippen molar-refractivity contribution in [2.45, 2.75) is 105 Å². The zero-order valence-corrected chi connectivity index (χ0v) is 49.8. The highest BCUT2D eigenvalue weighted by Crippen LogP contribution is 2.50. The molecule has 0 unspecified atom stereocenters. The third kappa shape index (κ3) is 9.14. The fraction of sp³-hybridized carbons (Fsp3) is 0.200. The zero-order valence-electron chi connectivity index (χ0n) is 49.8. The van der Waals surface area contributed by atoms with E-state index < -0.39 is 0 Å². The van der Waals surface area contributed by atoms with Crippen LogP contribution in [0.15, 0.2) is 231 Å². The maximum absolute atomic E-state index is 2.54. The molecule has 13 aromatic rings. The van der Waals surface area contributed by atoms with E-state index >= 15 is 0 Å². The Morgan fingerprint density at radius 3 is 1.24 bits per heavy atom. The van der Waals surface area contributed by atoms with Crippen LogP contribution >= 0.6 is 0 Å². The van der Waals surface area contributed by atoms with Crippen LogP contribution in [0.5, 0.6) is 0 Å². The third-order valence-electron chi connectivity index (χ3n) is 17.4. The Hall–Kier alpha value is -8.72. The molecule has 12 aromatic carbocycles. The molecule has 0 N–H and O–H groups in total. The van der Waals surface area contributed by atoms with Gasteiger partial charge in [0.2, 0.25) is 0 Å². The van der Waals surface area contributed by atoms with Crippen LogP contribution in [0, 0.1) is 0 Å². The second-order valence-corrected chi connectivity index (χ2v) is 27.0. The largest absolute Gasteiger partial charge is 0.309 e. The van der Waals surface area contributed by atoms with E-state index in [1.807, 2.05) is 0 Å². The molecular weight excluding hydrogens is 989 g/mol. The Kier molecular flexibility index (Phi) is 12.5. The predicted molar refractivity (Wildman–Crippen MR) is 356 cm³/mol. The number of hydrogen-bond donors (Lipinski definition) is 0. The minimum Gasteiger partial charge on any atom is -0.309 e. The van der Waals surface area contributed by atoms with Gasteiger partial charge in [-0.2, -0.15) is 0 Å². The monoisotopic (exact) mass is 1060 g/mol. The normalized spacial score (nSPS) is 12.6. The number of hydrogen-bond acceptors (Lipinski definition) is 1. The van der Waals surface area contributed by atoms with Crippen LogP contribution in [-0.4, -0.2) is 4.57 Å². The molecule has 0 amide bonds. The van der Waals surface area contributed by atoms with Gasteiger partial charge in [-0.15, -0.1) is 0 Å². The Labute approximate surface area is 485 Å². The van der Waals surface area contributed by atoms with Gasteiger partial charge < -0.3 is 9.47 Å². The molecule has 0 atom stereocenters. The highest BCUT2D eigenvalue weighted by atomic mass is 15.1.